The average molecular weight is 982 g/mol. The van der Waals surface area contributed by atoms with Crippen LogP contribution in [0.1, 0.15) is 42.8 Å². The number of nitrogens with zero attached hydrogens (tertiary/aromatic N) is 4. The molecule has 0 aliphatic heterocycles. The Kier molecular flexibility index (Phi) is 7.62. The summed E-state index contributed by atoms with van der Waals surface area (Å²) in [6, 6.07) is 34.8. The van der Waals surface area contributed by atoms with Gasteiger partial charge in [0.15, 0.2) is 0 Å². The van der Waals surface area contributed by atoms with E-state index in [0.717, 1.165) is 27.4 Å². The van der Waals surface area contributed by atoms with Gasteiger partial charge in [-0.1, -0.05) is 147 Å². The van der Waals surface area contributed by atoms with Crippen LogP contribution in [0.3, 0.4) is 0 Å². The zero-order valence-electron chi connectivity index (χ0n) is 45.1. The van der Waals surface area contributed by atoms with E-state index in [9.17, 15) is 0 Å². The third-order valence-electron chi connectivity index (χ3n) is 9.88. The minimum atomic E-state index is -1.68. The summed E-state index contributed by atoms with van der Waals surface area (Å²) in [4.78, 5) is 4.76. The number of aromatic nitrogens is 4. The van der Waals surface area contributed by atoms with Crippen molar-refractivity contribution in [2.45, 2.75) is 27.1 Å². The van der Waals surface area contributed by atoms with E-state index in [4.69, 9.17) is 26.2 Å². The molecule has 7 aromatic carbocycles. The third-order valence-corrected chi connectivity index (χ3v) is 9.88. The molecule has 5 nitrogen and oxygen atoms in total. The van der Waals surface area contributed by atoms with Gasteiger partial charge in [0.05, 0.1) is 19.4 Å². The first-order valence-electron chi connectivity index (χ1n) is 25.3. The number of rotatable bonds is 9. The molecule has 0 unspecified atom stereocenters. The summed E-state index contributed by atoms with van der Waals surface area (Å²) in [5.41, 5.74) is 3.89. The zero-order valence-corrected chi connectivity index (χ0v) is 35.4. The van der Waals surface area contributed by atoms with Gasteiger partial charge in [-0.15, -0.1) is 29.7 Å². The first kappa shape index (κ1) is 27.9. The van der Waals surface area contributed by atoms with E-state index in [2.05, 4.69) is 42.7 Å². The maximum absolute atomic E-state index is 9.06. The Balaban J connectivity index is 0.00000656. The minimum absolute atomic E-state index is 0. The fourth-order valence-electron chi connectivity index (χ4n) is 7.39. The van der Waals surface area contributed by atoms with Crippen molar-refractivity contribution in [1.82, 2.24) is 14.1 Å². The largest absolute Gasteiger partial charge is 0.510 e. The second-order valence-electron chi connectivity index (χ2n) is 15.1. The Labute approximate surface area is 388 Å². The van der Waals surface area contributed by atoms with Gasteiger partial charge in [0.1, 0.15) is 5.82 Å². The number of imidazole rings is 1. The van der Waals surface area contributed by atoms with E-state index < -0.39 is 72.2 Å². The molecule has 61 heavy (non-hydrogen) atoms. The van der Waals surface area contributed by atoms with Crippen LogP contribution in [0.4, 0.5) is 0 Å². The number of benzene rings is 7. The number of pyridine rings is 1. The topological polar surface area (TPSA) is 35.9 Å². The molecule has 10 rings (SSSR count). The van der Waals surface area contributed by atoms with Gasteiger partial charge in [0.2, 0.25) is 0 Å². The molecule has 0 atom stereocenters. The first-order valence-corrected chi connectivity index (χ1v) is 19.3. The third kappa shape index (κ3) is 8.10. The minimum Gasteiger partial charge on any atom is -0.510 e. The van der Waals surface area contributed by atoms with Crippen LogP contribution in [0.2, 0.25) is 0 Å². The summed E-state index contributed by atoms with van der Waals surface area (Å²) in [5, 5.41) is 1.81. The van der Waals surface area contributed by atoms with Gasteiger partial charge in [-0.05, 0) is 80.0 Å². The van der Waals surface area contributed by atoms with Crippen LogP contribution in [0.25, 0.3) is 72.4 Å². The molecule has 10 aromatic rings. The van der Waals surface area contributed by atoms with Crippen molar-refractivity contribution in [3.63, 3.8) is 0 Å². The van der Waals surface area contributed by atoms with Gasteiger partial charge >= 0.3 is 0 Å². The van der Waals surface area contributed by atoms with Gasteiger partial charge in [-0.2, -0.15) is 18.2 Å². The molecule has 3 heterocycles. The van der Waals surface area contributed by atoms with Gasteiger partial charge < -0.3 is 13.9 Å². The van der Waals surface area contributed by atoms with Crippen molar-refractivity contribution in [2.24, 2.45) is 5.41 Å². The molecule has 0 saturated carbocycles. The number of para-hydroxylation sites is 1. The Bertz CT molecular complexity index is 3690. The molecule has 0 saturated heterocycles. The van der Waals surface area contributed by atoms with Crippen LogP contribution in [-0.4, -0.2) is 14.1 Å². The smallest absolute Gasteiger partial charge is 0.267 e. The summed E-state index contributed by atoms with van der Waals surface area (Å²) < 4.78 is 115. The average Bonchev–Trinajstić information content (AvgIpc) is 3.99. The monoisotopic (exact) mass is 981 g/mol. The van der Waals surface area contributed by atoms with Crippen LogP contribution in [0, 0.1) is 23.9 Å². The Morgan fingerprint density at radius 3 is 2.11 bits per heavy atom. The Morgan fingerprint density at radius 2 is 1.39 bits per heavy atom. The summed E-state index contributed by atoms with van der Waals surface area (Å²) in [7, 11) is 0. The second kappa shape index (κ2) is 16.7. The molecule has 0 aliphatic carbocycles. The first-order chi connectivity index (χ1) is 34.3. The Morgan fingerprint density at radius 1 is 0.689 bits per heavy atom. The summed E-state index contributed by atoms with van der Waals surface area (Å²) in [5.74, 6) is 1.17. The van der Waals surface area contributed by atoms with Crippen molar-refractivity contribution in [1.29, 1.82) is 0 Å². The molecule has 0 spiro atoms. The van der Waals surface area contributed by atoms with Crippen molar-refractivity contribution < 1.29 is 46.8 Å². The molecule has 0 amide bonds. The molecule has 0 fully saturated rings. The normalized spacial score (nSPS) is 14.5. The Hall–Kier alpha value is -6.81. The molecule has 0 N–H and O–H groups in total. The summed E-state index contributed by atoms with van der Waals surface area (Å²) in [6.45, 7) is 5.60. The fourth-order valence-corrected chi connectivity index (χ4v) is 7.39. The van der Waals surface area contributed by atoms with Gasteiger partial charge in [0.25, 0.3) is 6.33 Å². The van der Waals surface area contributed by atoms with E-state index in [1.54, 1.807) is 65.6 Å². The number of hydrogen-bond acceptors (Lipinski definition) is 2. The summed E-state index contributed by atoms with van der Waals surface area (Å²) in [6.07, 6.45) is 6.39. The van der Waals surface area contributed by atoms with Gasteiger partial charge in [0, 0.05) is 59.4 Å². The SMILES string of the molecule is [2H]c1c([2H])c([2H])c(-c2cccc(-c3c([2H])c([2H])c([2H])c([2H])c3[2H])c2-[n+]2[c-]n(-c3[c-]c(Oc4[c-]c5c(cc4)c4cc(-c6ccccc6)ccc4n5-c4cc(C([2H])([2H])C(C)(C)C)ccn4)ccc3)cc2)c([2H])c1[2H].[Pt]. The predicted molar refractivity (Wildman–Crippen MR) is 242 cm³/mol. The molecule has 6 heteroatoms. The summed E-state index contributed by atoms with van der Waals surface area (Å²) >= 11 is 0. The van der Waals surface area contributed by atoms with E-state index in [1.807, 2.05) is 61.7 Å². The van der Waals surface area contributed by atoms with Gasteiger partial charge in [-0.3, -0.25) is 4.57 Å². The quantitative estimate of drug-likeness (QED) is 0.107. The molecule has 300 valence electrons. The van der Waals surface area contributed by atoms with E-state index in [1.165, 1.54) is 10.6 Å². The van der Waals surface area contributed by atoms with Crippen molar-refractivity contribution in [3.8, 4) is 62.1 Å². The van der Waals surface area contributed by atoms with E-state index in [-0.39, 0.29) is 49.0 Å². The van der Waals surface area contributed by atoms with Gasteiger partial charge in [-0.25, -0.2) is 4.98 Å². The van der Waals surface area contributed by atoms with Crippen molar-refractivity contribution in [2.75, 3.05) is 0 Å². The maximum atomic E-state index is 9.06. The van der Waals surface area contributed by atoms with Crippen LogP contribution >= 0.6 is 0 Å². The molecular weight excluding hydrogens is 928 g/mol. The number of ether oxygens (including phenoxy) is 1. The molecule has 3 aromatic heterocycles. The second-order valence-corrected chi connectivity index (χ2v) is 15.1. The standard InChI is InChI=1S/C55H42N4O.Pt/c1-55(2,3)37-39-29-30-56-53(33-39)59-51-28-25-43(40-15-7-4-8-16-40)34-50(51)49-27-26-46(36-52(49)59)60-45-22-13-21-44(35-45)57-31-32-58(38-57)54-47(41-17-9-5-10-18-41)23-14-24-48(54)42-19-11-6-12-20-42;/h4-34H,37H2,1-3H3;/q-2;/i5D,6D,9D,10D,11D,12D,17D,18D,19D,20D,37D2;. The van der Waals surface area contributed by atoms with Crippen LogP contribution < -0.4 is 9.30 Å². The molecule has 0 radical (unpaired) electrons. The number of fused-ring (bicyclic) bond motifs is 3. The van der Waals surface area contributed by atoms with Crippen LogP contribution in [0.5, 0.6) is 11.5 Å². The fraction of sp³-hybridized carbons (Fsp3) is 0.0909. The van der Waals surface area contributed by atoms with Crippen molar-refractivity contribution in [3.05, 3.63) is 212 Å². The maximum Gasteiger partial charge on any atom is 0.267 e. The van der Waals surface area contributed by atoms with Crippen LogP contribution in [0.15, 0.2) is 188 Å². The molecular formula is C55H42N4OPt-2. The number of hydrogen-bond donors (Lipinski definition) is 0. The predicted octanol–water partition coefficient (Wildman–Crippen LogP) is 13.0. The molecule has 0 aliphatic rings. The molecule has 0 bridgehead atoms. The van der Waals surface area contributed by atoms with E-state index >= 15 is 0 Å². The van der Waals surface area contributed by atoms with Crippen LogP contribution in [-0.2, 0) is 27.4 Å². The van der Waals surface area contributed by atoms with E-state index in [0.29, 0.717) is 34.1 Å². The zero-order chi connectivity index (χ0) is 51.1. The van der Waals surface area contributed by atoms with Crippen molar-refractivity contribution >= 4 is 21.8 Å².